The van der Waals surface area contributed by atoms with Crippen molar-refractivity contribution in [2.75, 3.05) is 0 Å². The van der Waals surface area contributed by atoms with Crippen LogP contribution in [-0.2, 0) is 5.41 Å². The van der Waals surface area contributed by atoms with Crippen molar-refractivity contribution in [1.29, 1.82) is 0 Å². The van der Waals surface area contributed by atoms with Crippen molar-refractivity contribution in [2.45, 2.75) is 65.7 Å². The third-order valence-corrected chi connectivity index (χ3v) is 8.94. The Labute approximate surface area is 264 Å². The molecule has 7 rings (SSSR count). The van der Waals surface area contributed by atoms with Crippen LogP contribution in [0.15, 0.2) is 101 Å². The predicted octanol–water partition coefficient (Wildman–Crippen LogP) is 11.9. The molecule has 0 amide bonds. The maximum absolute atomic E-state index is 14.5. The Morgan fingerprint density at radius 1 is 0.733 bits per heavy atom. The number of para-hydroxylation sites is 2. The lowest BCUT2D eigenvalue weighted by Gasteiger charge is -2.25. The molecule has 0 radical (unpaired) electrons. The Kier molecular flexibility index (Phi) is 6.92. The average molecular weight is 595 g/mol. The second kappa shape index (κ2) is 10.7. The molecule has 0 fully saturated rings. The summed E-state index contributed by atoms with van der Waals surface area (Å²) in [7, 11) is 0. The minimum Gasteiger partial charge on any atom is -0.455 e. The number of aromatic nitrogens is 2. The van der Waals surface area contributed by atoms with Gasteiger partial charge in [-0.05, 0) is 87.5 Å². The van der Waals surface area contributed by atoms with Gasteiger partial charge in [-0.25, -0.2) is 9.37 Å². The van der Waals surface area contributed by atoms with Crippen LogP contribution >= 0.6 is 0 Å². The van der Waals surface area contributed by atoms with Gasteiger partial charge in [0.05, 0.1) is 22.3 Å². The Morgan fingerprint density at radius 3 is 2.07 bits per heavy atom. The summed E-state index contributed by atoms with van der Waals surface area (Å²) in [5.74, 6) is 1.02. The van der Waals surface area contributed by atoms with E-state index >= 15 is 0 Å². The van der Waals surface area contributed by atoms with Gasteiger partial charge in [0.1, 0.15) is 22.8 Å². The lowest BCUT2D eigenvalue weighted by Crippen LogP contribution is -2.12. The van der Waals surface area contributed by atoms with Crippen molar-refractivity contribution in [2.24, 2.45) is 0 Å². The second-order valence-corrected chi connectivity index (χ2v) is 13.8. The summed E-state index contributed by atoms with van der Waals surface area (Å²) in [5, 5.41) is 1.93. The van der Waals surface area contributed by atoms with E-state index in [1.807, 2.05) is 12.1 Å². The Balaban J connectivity index is 1.61. The molecule has 0 N–H and O–H groups in total. The lowest BCUT2D eigenvalue weighted by atomic mass is 9.83. The zero-order valence-electron chi connectivity index (χ0n) is 27.1. The fraction of sp³-hybridized carbons (Fsp3) is 0.244. The predicted molar refractivity (Wildman–Crippen MR) is 186 cm³/mol. The summed E-state index contributed by atoms with van der Waals surface area (Å²) < 4.78 is 23.4. The molecule has 0 unspecified atom stereocenters. The largest absolute Gasteiger partial charge is 0.455 e. The zero-order valence-corrected chi connectivity index (χ0v) is 27.1. The SMILES string of the molecule is CC(C)c1cc(-c2ccccc2)cc(C(C)C)c1-n1c(-c2ccc(C(C)(C)C)c3c2oc2cc(F)ccc23)nc2ccccc21. The Morgan fingerprint density at radius 2 is 1.40 bits per heavy atom. The van der Waals surface area contributed by atoms with Crippen molar-refractivity contribution in [3.05, 3.63) is 120 Å². The van der Waals surface area contributed by atoms with Gasteiger partial charge in [0, 0.05) is 16.8 Å². The third-order valence-electron chi connectivity index (χ3n) is 8.94. The van der Waals surface area contributed by atoms with Gasteiger partial charge in [-0.1, -0.05) is 97.0 Å². The summed E-state index contributed by atoms with van der Waals surface area (Å²) in [6.45, 7) is 15.7. The maximum atomic E-state index is 14.5. The molecule has 0 aliphatic carbocycles. The smallest absolute Gasteiger partial charge is 0.149 e. The van der Waals surface area contributed by atoms with Crippen LogP contribution in [-0.4, -0.2) is 9.55 Å². The van der Waals surface area contributed by atoms with Crippen LogP contribution in [0.25, 0.3) is 61.2 Å². The van der Waals surface area contributed by atoms with Gasteiger partial charge in [-0.15, -0.1) is 0 Å². The van der Waals surface area contributed by atoms with Crippen molar-refractivity contribution in [3.8, 4) is 28.2 Å². The summed E-state index contributed by atoms with van der Waals surface area (Å²) in [6.07, 6.45) is 0. The van der Waals surface area contributed by atoms with Gasteiger partial charge in [-0.3, -0.25) is 4.57 Å². The van der Waals surface area contributed by atoms with E-state index in [4.69, 9.17) is 9.40 Å². The molecule has 0 atom stereocenters. The first kappa shape index (κ1) is 29.0. The van der Waals surface area contributed by atoms with Gasteiger partial charge in [-0.2, -0.15) is 0 Å². The van der Waals surface area contributed by atoms with Gasteiger partial charge >= 0.3 is 0 Å². The van der Waals surface area contributed by atoms with Crippen LogP contribution in [0.5, 0.6) is 0 Å². The molecule has 2 aromatic heterocycles. The molecule has 2 heterocycles. The van der Waals surface area contributed by atoms with Gasteiger partial charge in [0.25, 0.3) is 0 Å². The number of hydrogen-bond donors (Lipinski definition) is 0. The van der Waals surface area contributed by atoms with Crippen LogP contribution in [0.1, 0.15) is 77.0 Å². The topological polar surface area (TPSA) is 31.0 Å². The van der Waals surface area contributed by atoms with Crippen LogP contribution in [0.4, 0.5) is 4.39 Å². The fourth-order valence-electron chi connectivity index (χ4n) is 6.70. The molecular formula is C41H39FN2O. The quantitative estimate of drug-likeness (QED) is 0.198. The molecule has 226 valence electrons. The van der Waals surface area contributed by atoms with Crippen molar-refractivity contribution in [1.82, 2.24) is 9.55 Å². The van der Waals surface area contributed by atoms with Crippen molar-refractivity contribution >= 4 is 33.0 Å². The number of hydrogen-bond acceptors (Lipinski definition) is 2. The highest BCUT2D eigenvalue weighted by Crippen LogP contribution is 2.45. The van der Waals surface area contributed by atoms with Crippen molar-refractivity contribution < 1.29 is 8.81 Å². The number of furan rings is 1. The first-order chi connectivity index (χ1) is 21.5. The molecule has 0 bridgehead atoms. The second-order valence-electron chi connectivity index (χ2n) is 13.8. The highest BCUT2D eigenvalue weighted by atomic mass is 19.1. The number of imidazole rings is 1. The van der Waals surface area contributed by atoms with E-state index in [9.17, 15) is 4.39 Å². The third kappa shape index (κ3) is 4.84. The molecule has 7 aromatic rings. The van der Waals surface area contributed by atoms with Crippen LogP contribution in [0.2, 0.25) is 0 Å². The number of halogens is 1. The molecule has 0 aliphatic heterocycles. The van der Waals surface area contributed by atoms with Crippen LogP contribution in [0, 0.1) is 5.82 Å². The van der Waals surface area contributed by atoms with E-state index < -0.39 is 0 Å². The molecule has 3 nitrogen and oxygen atoms in total. The Hall–Kier alpha value is -4.70. The minimum absolute atomic E-state index is 0.148. The highest BCUT2D eigenvalue weighted by Gasteiger charge is 2.28. The van der Waals surface area contributed by atoms with E-state index in [0.29, 0.717) is 5.58 Å². The molecule has 5 aromatic carbocycles. The monoisotopic (exact) mass is 594 g/mol. The molecule has 0 spiro atoms. The summed E-state index contributed by atoms with van der Waals surface area (Å²) in [6, 6.07) is 32.9. The van der Waals surface area contributed by atoms with E-state index in [1.165, 1.54) is 40.1 Å². The van der Waals surface area contributed by atoms with E-state index in [-0.39, 0.29) is 23.1 Å². The zero-order chi connectivity index (χ0) is 31.6. The fourth-order valence-corrected chi connectivity index (χ4v) is 6.70. The van der Waals surface area contributed by atoms with Gasteiger partial charge in [0.15, 0.2) is 0 Å². The average Bonchev–Trinajstić information content (AvgIpc) is 3.58. The first-order valence-electron chi connectivity index (χ1n) is 15.9. The molecule has 0 aliphatic rings. The van der Waals surface area contributed by atoms with Gasteiger partial charge in [0.2, 0.25) is 0 Å². The maximum Gasteiger partial charge on any atom is 0.149 e. The first-order valence-corrected chi connectivity index (χ1v) is 15.9. The van der Waals surface area contributed by atoms with E-state index in [2.05, 4.69) is 126 Å². The number of rotatable bonds is 5. The van der Waals surface area contributed by atoms with Crippen LogP contribution in [0.3, 0.4) is 0 Å². The number of benzene rings is 5. The molecule has 0 saturated carbocycles. The number of fused-ring (bicyclic) bond motifs is 4. The summed E-state index contributed by atoms with van der Waals surface area (Å²) in [5.41, 5.74) is 11.3. The Bertz CT molecular complexity index is 2180. The van der Waals surface area contributed by atoms with E-state index in [0.717, 1.165) is 44.3 Å². The molecular weight excluding hydrogens is 555 g/mol. The summed E-state index contributed by atoms with van der Waals surface area (Å²) >= 11 is 0. The van der Waals surface area contributed by atoms with E-state index in [1.54, 1.807) is 0 Å². The van der Waals surface area contributed by atoms with Gasteiger partial charge < -0.3 is 4.42 Å². The molecule has 45 heavy (non-hydrogen) atoms. The highest BCUT2D eigenvalue weighted by molar-refractivity contribution is 6.11. The lowest BCUT2D eigenvalue weighted by molar-refractivity contribution is 0.594. The van der Waals surface area contributed by atoms with Crippen LogP contribution < -0.4 is 0 Å². The number of nitrogens with zero attached hydrogens (tertiary/aromatic N) is 2. The molecule has 0 saturated heterocycles. The normalized spacial score (nSPS) is 12.4. The van der Waals surface area contributed by atoms with Crippen molar-refractivity contribution in [3.63, 3.8) is 0 Å². The summed E-state index contributed by atoms with van der Waals surface area (Å²) in [4.78, 5) is 5.30. The standard InChI is InChI=1S/C41H39FN2O/c1-24(2)31-21-27(26-13-9-8-10-14-26)22-32(25(3)4)38(31)44-35-16-12-11-15-34(35)43-40(44)30-19-20-33(41(5,6)7)37-29-18-17-28(42)23-36(29)45-39(30)37/h8-25H,1-7H3. The molecule has 4 heteroatoms. The minimum atomic E-state index is -0.311.